The molecule has 1 N–H and O–H groups in total. The van der Waals surface area contributed by atoms with Gasteiger partial charge in [0.2, 0.25) is 0 Å². The van der Waals surface area contributed by atoms with Crippen molar-refractivity contribution in [2.24, 2.45) is 0 Å². The summed E-state index contributed by atoms with van der Waals surface area (Å²) in [6.07, 6.45) is 6.84. The third kappa shape index (κ3) is 4.63. The minimum Gasteiger partial charge on any atom is -0.487 e. The van der Waals surface area contributed by atoms with E-state index in [1.165, 1.54) is 18.5 Å². The molecule has 1 saturated heterocycles. The molecule has 36 heavy (non-hydrogen) atoms. The van der Waals surface area contributed by atoms with Gasteiger partial charge in [0.05, 0.1) is 17.1 Å². The number of fused-ring (bicyclic) bond motifs is 1. The quantitative estimate of drug-likeness (QED) is 0.257. The van der Waals surface area contributed by atoms with Crippen molar-refractivity contribution < 1.29 is 13.9 Å². The van der Waals surface area contributed by atoms with Gasteiger partial charge in [-0.3, -0.25) is 0 Å². The van der Waals surface area contributed by atoms with Crippen molar-refractivity contribution in [2.75, 3.05) is 11.9 Å². The Morgan fingerprint density at radius 3 is 2.78 bits per heavy atom. The third-order valence-corrected chi connectivity index (χ3v) is 6.46. The molecule has 0 amide bonds. The molecule has 1 aliphatic rings. The van der Waals surface area contributed by atoms with Crippen molar-refractivity contribution in [1.29, 1.82) is 0 Å². The van der Waals surface area contributed by atoms with Crippen LogP contribution in [0.3, 0.4) is 0 Å². The van der Waals surface area contributed by atoms with Gasteiger partial charge in [0.1, 0.15) is 36.5 Å². The highest BCUT2D eigenvalue weighted by molar-refractivity contribution is 6.32. The van der Waals surface area contributed by atoms with Crippen LogP contribution in [-0.2, 0) is 11.3 Å². The molecule has 0 aliphatic carbocycles. The summed E-state index contributed by atoms with van der Waals surface area (Å²) in [5.74, 6) is 0.890. The molecular weight excluding hydrogens is 479 g/mol. The number of nitrogens with one attached hydrogen (secondary N) is 1. The van der Waals surface area contributed by atoms with Gasteiger partial charge in [-0.1, -0.05) is 29.8 Å². The molecule has 0 bridgehead atoms. The van der Waals surface area contributed by atoms with Crippen LogP contribution in [0.15, 0.2) is 85.5 Å². The minimum absolute atomic E-state index is 0.130. The first-order chi connectivity index (χ1) is 17.6. The maximum Gasteiger partial charge on any atom is 0.141 e. The summed E-state index contributed by atoms with van der Waals surface area (Å²) in [7, 11) is 0. The van der Waals surface area contributed by atoms with Gasteiger partial charge in [0.25, 0.3) is 0 Å². The van der Waals surface area contributed by atoms with Crippen LogP contribution in [0.5, 0.6) is 5.75 Å². The Bertz CT molecular complexity index is 1550. The predicted molar refractivity (Wildman–Crippen MR) is 138 cm³/mol. The van der Waals surface area contributed by atoms with Gasteiger partial charge >= 0.3 is 0 Å². The molecule has 0 saturated carbocycles. The zero-order chi connectivity index (χ0) is 24.5. The Kier molecular flexibility index (Phi) is 6.01. The van der Waals surface area contributed by atoms with E-state index in [1.807, 2.05) is 18.3 Å². The zero-order valence-corrected chi connectivity index (χ0v) is 20.0. The molecule has 3 aromatic carbocycles. The lowest BCUT2D eigenvalue weighted by molar-refractivity contribution is -0.0992. The molecule has 0 radical (unpaired) electrons. The number of halogens is 2. The minimum atomic E-state index is -0.299. The number of hydrogen-bond donors (Lipinski definition) is 1. The Balaban J connectivity index is 1.22. The average molecular weight is 501 g/mol. The molecule has 6 nitrogen and oxygen atoms in total. The molecule has 1 aliphatic heterocycles. The van der Waals surface area contributed by atoms with Gasteiger partial charge < -0.3 is 19.4 Å². The summed E-state index contributed by atoms with van der Waals surface area (Å²) in [6, 6.07) is 19.9. The maximum atomic E-state index is 13.4. The van der Waals surface area contributed by atoms with E-state index in [9.17, 15) is 4.39 Å². The van der Waals surface area contributed by atoms with E-state index >= 15 is 0 Å². The number of nitrogens with zero attached hydrogens (tertiary/aromatic N) is 3. The summed E-state index contributed by atoms with van der Waals surface area (Å²) in [4.78, 5) is 8.89. The lowest BCUT2D eigenvalue weighted by Gasteiger charge is -2.27. The summed E-state index contributed by atoms with van der Waals surface area (Å²) >= 11 is 6.48. The van der Waals surface area contributed by atoms with E-state index in [4.69, 9.17) is 21.1 Å². The number of hydrogen-bond acceptors (Lipinski definition) is 5. The molecule has 180 valence electrons. The van der Waals surface area contributed by atoms with Crippen molar-refractivity contribution >= 4 is 34.0 Å². The molecule has 1 fully saturated rings. The standard InChI is InChI=1S/C28H22ClFN4O2/c29-24-14-22(5-7-26(24)36-16-18-2-1-3-21(30)12-18)33-28-23-13-19(4-6-25(23)31-17-32-28)20-8-10-34(15-20)27-9-11-35-27/h1-8,10,12-15,17,27H,9,11,16H2,(H,31,32,33). The van der Waals surface area contributed by atoms with Crippen LogP contribution in [-0.4, -0.2) is 21.1 Å². The first-order valence-corrected chi connectivity index (χ1v) is 12.0. The average Bonchev–Trinajstić information content (AvgIpc) is 3.32. The largest absolute Gasteiger partial charge is 0.487 e. The fraction of sp³-hybridized carbons (Fsp3) is 0.143. The Labute approximate surface area is 212 Å². The summed E-state index contributed by atoms with van der Waals surface area (Å²) in [5, 5.41) is 4.68. The molecule has 5 aromatic rings. The van der Waals surface area contributed by atoms with Gasteiger partial charge in [-0.2, -0.15) is 0 Å². The second-order valence-electron chi connectivity index (χ2n) is 8.60. The van der Waals surface area contributed by atoms with Crippen molar-refractivity contribution in [3.8, 4) is 16.9 Å². The van der Waals surface area contributed by atoms with Crippen LogP contribution in [0, 0.1) is 5.82 Å². The number of rotatable bonds is 7. The van der Waals surface area contributed by atoms with Gasteiger partial charge in [-0.05, 0) is 65.2 Å². The summed E-state index contributed by atoms with van der Waals surface area (Å²) < 4.78 is 26.9. The van der Waals surface area contributed by atoms with Crippen molar-refractivity contribution in [3.63, 3.8) is 0 Å². The number of ether oxygens (including phenoxy) is 2. The van der Waals surface area contributed by atoms with Crippen molar-refractivity contribution in [3.05, 3.63) is 102 Å². The van der Waals surface area contributed by atoms with Crippen LogP contribution in [0.2, 0.25) is 5.02 Å². The highest BCUT2D eigenvalue weighted by Crippen LogP contribution is 2.33. The van der Waals surface area contributed by atoms with E-state index < -0.39 is 0 Å². The van der Waals surface area contributed by atoms with E-state index in [1.54, 1.807) is 24.3 Å². The van der Waals surface area contributed by atoms with E-state index in [-0.39, 0.29) is 18.7 Å². The first-order valence-electron chi connectivity index (χ1n) is 11.6. The Hall–Kier alpha value is -3.94. The first kappa shape index (κ1) is 22.5. The van der Waals surface area contributed by atoms with Crippen molar-refractivity contribution in [1.82, 2.24) is 14.5 Å². The molecule has 6 rings (SSSR count). The number of aromatic nitrogens is 3. The summed E-state index contributed by atoms with van der Waals surface area (Å²) in [6.45, 7) is 1.03. The molecular formula is C28H22ClFN4O2. The molecule has 2 aromatic heterocycles. The van der Waals surface area contributed by atoms with Crippen LogP contribution in [0.4, 0.5) is 15.9 Å². The highest BCUT2D eigenvalue weighted by atomic mass is 35.5. The van der Waals surface area contributed by atoms with E-state index in [2.05, 4.69) is 44.2 Å². The molecule has 1 atom stereocenters. The number of anilines is 2. The molecule has 8 heteroatoms. The van der Waals surface area contributed by atoms with Crippen molar-refractivity contribution in [2.45, 2.75) is 19.3 Å². The van der Waals surface area contributed by atoms with Crippen LogP contribution >= 0.6 is 11.6 Å². The second-order valence-corrected chi connectivity index (χ2v) is 9.01. The van der Waals surface area contributed by atoms with Crippen LogP contribution in [0.1, 0.15) is 18.2 Å². The lowest BCUT2D eigenvalue weighted by atomic mass is 10.1. The SMILES string of the molecule is Fc1cccc(COc2ccc(Nc3ncnc4ccc(-c5ccn(C6CCO6)c5)cc34)cc2Cl)c1. The monoisotopic (exact) mass is 500 g/mol. The van der Waals surface area contributed by atoms with E-state index in [0.717, 1.165) is 46.3 Å². The smallest absolute Gasteiger partial charge is 0.141 e. The molecule has 1 unspecified atom stereocenters. The van der Waals surface area contributed by atoms with Gasteiger partial charge in [0, 0.05) is 29.9 Å². The van der Waals surface area contributed by atoms with Crippen LogP contribution < -0.4 is 10.1 Å². The zero-order valence-electron chi connectivity index (χ0n) is 19.2. The van der Waals surface area contributed by atoms with E-state index in [0.29, 0.717) is 16.6 Å². The molecule has 3 heterocycles. The normalized spacial score (nSPS) is 15.0. The topological polar surface area (TPSA) is 61.2 Å². The highest BCUT2D eigenvalue weighted by Gasteiger charge is 2.19. The van der Waals surface area contributed by atoms with Gasteiger partial charge in [-0.25, -0.2) is 14.4 Å². The van der Waals surface area contributed by atoms with Gasteiger partial charge in [-0.15, -0.1) is 0 Å². The maximum absolute atomic E-state index is 13.4. The number of benzene rings is 3. The Morgan fingerprint density at radius 2 is 1.97 bits per heavy atom. The fourth-order valence-corrected chi connectivity index (χ4v) is 4.41. The predicted octanol–water partition coefficient (Wildman–Crippen LogP) is 7.13. The fourth-order valence-electron chi connectivity index (χ4n) is 4.18. The third-order valence-electron chi connectivity index (χ3n) is 6.17. The molecule has 0 spiro atoms. The second kappa shape index (κ2) is 9.60. The summed E-state index contributed by atoms with van der Waals surface area (Å²) in [5.41, 5.74) is 4.49. The van der Waals surface area contributed by atoms with Gasteiger partial charge in [0.15, 0.2) is 0 Å². The van der Waals surface area contributed by atoms with Crippen LogP contribution in [0.25, 0.3) is 22.0 Å². The lowest BCUT2D eigenvalue weighted by Crippen LogP contribution is -2.23. The Morgan fingerprint density at radius 1 is 1.06 bits per heavy atom.